The molecule has 3 rings (SSSR count). The first-order valence-electron chi connectivity index (χ1n) is 8.79. The zero-order valence-electron chi connectivity index (χ0n) is 15.5. The van der Waals surface area contributed by atoms with Crippen LogP contribution in [0.3, 0.4) is 0 Å². The largest absolute Gasteiger partial charge is 0.497 e. The molecule has 1 aromatic heterocycles. The minimum Gasteiger partial charge on any atom is -0.497 e. The maximum atomic E-state index is 12.6. The number of carbonyl (C=O) groups is 1. The van der Waals surface area contributed by atoms with Gasteiger partial charge in [0, 0.05) is 32.2 Å². The van der Waals surface area contributed by atoms with Gasteiger partial charge in [-0.3, -0.25) is 9.69 Å². The van der Waals surface area contributed by atoms with E-state index in [1.165, 1.54) is 0 Å². The predicted molar refractivity (Wildman–Crippen MR) is 96.2 cm³/mol. The van der Waals surface area contributed by atoms with Gasteiger partial charge in [-0.25, -0.2) is 0 Å². The number of piperazine rings is 1. The second-order valence-electron chi connectivity index (χ2n) is 6.47. The van der Waals surface area contributed by atoms with Gasteiger partial charge in [0.15, 0.2) is 11.9 Å². The lowest BCUT2D eigenvalue weighted by Gasteiger charge is -2.35. The van der Waals surface area contributed by atoms with Crippen LogP contribution >= 0.6 is 0 Å². The molecule has 1 amide bonds. The fourth-order valence-corrected chi connectivity index (χ4v) is 3.00. The third-order valence-corrected chi connectivity index (χ3v) is 4.46. The fraction of sp³-hybridized carbons (Fsp3) is 0.474. The zero-order chi connectivity index (χ0) is 18.5. The molecule has 1 fully saturated rings. The normalized spacial score (nSPS) is 16.3. The summed E-state index contributed by atoms with van der Waals surface area (Å²) < 4.78 is 16.2. The number of amides is 1. The van der Waals surface area contributed by atoms with Gasteiger partial charge in [0.2, 0.25) is 0 Å². The number of aromatic nitrogens is 1. The summed E-state index contributed by atoms with van der Waals surface area (Å²) in [6.07, 6.45) is -0.521. The Kier molecular flexibility index (Phi) is 5.78. The lowest BCUT2D eigenvalue weighted by molar-refractivity contribution is -0.139. The summed E-state index contributed by atoms with van der Waals surface area (Å²) in [5.41, 5.74) is 0.887. The second-order valence-corrected chi connectivity index (χ2v) is 6.47. The van der Waals surface area contributed by atoms with E-state index in [9.17, 15) is 4.79 Å². The summed E-state index contributed by atoms with van der Waals surface area (Å²) in [7, 11) is 1.62. The second kappa shape index (κ2) is 8.23. The van der Waals surface area contributed by atoms with Crippen molar-refractivity contribution in [3.05, 3.63) is 41.8 Å². The number of aryl methyl sites for hydroxylation is 1. The molecule has 140 valence electrons. The molecule has 1 atom stereocenters. The monoisotopic (exact) mass is 359 g/mol. The summed E-state index contributed by atoms with van der Waals surface area (Å²) >= 11 is 0. The van der Waals surface area contributed by atoms with Crippen LogP contribution in [0.5, 0.6) is 11.5 Å². The van der Waals surface area contributed by atoms with Crippen molar-refractivity contribution in [2.75, 3.05) is 33.3 Å². The molecule has 1 aromatic carbocycles. The van der Waals surface area contributed by atoms with Crippen LogP contribution in [-0.2, 0) is 11.3 Å². The Morgan fingerprint density at radius 1 is 1.19 bits per heavy atom. The summed E-state index contributed by atoms with van der Waals surface area (Å²) in [5, 5.41) is 3.91. The van der Waals surface area contributed by atoms with Crippen LogP contribution in [0.25, 0.3) is 0 Å². The van der Waals surface area contributed by atoms with Crippen LogP contribution in [0, 0.1) is 6.92 Å². The van der Waals surface area contributed by atoms with Gasteiger partial charge in [-0.2, -0.15) is 0 Å². The van der Waals surface area contributed by atoms with Crippen molar-refractivity contribution in [2.24, 2.45) is 0 Å². The van der Waals surface area contributed by atoms with Crippen molar-refractivity contribution < 1.29 is 18.8 Å². The van der Waals surface area contributed by atoms with Crippen molar-refractivity contribution >= 4 is 5.91 Å². The number of benzene rings is 1. The average molecular weight is 359 g/mol. The molecule has 1 saturated heterocycles. The van der Waals surface area contributed by atoms with Crippen LogP contribution in [0.2, 0.25) is 0 Å². The third kappa shape index (κ3) is 4.54. The van der Waals surface area contributed by atoms with Crippen molar-refractivity contribution in [2.45, 2.75) is 26.5 Å². The first kappa shape index (κ1) is 18.3. The molecule has 7 heteroatoms. The molecule has 0 spiro atoms. The number of hydrogen-bond donors (Lipinski definition) is 0. The Balaban J connectivity index is 1.47. The van der Waals surface area contributed by atoms with E-state index in [2.05, 4.69) is 10.1 Å². The smallest absolute Gasteiger partial charge is 0.263 e. The Bertz CT molecular complexity index is 721. The van der Waals surface area contributed by atoms with Gasteiger partial charge in [-0.05, 0) is 38.1 Å². The number of nitrogens with zero attached hydrogens (tertiary/aromatic N) is 3. The molecule has 0 bridgehead atoms. The van der Waals surface area contributed by atoms with Crippen molar-refractivity contribution in [1.29, 1.82) is 0 Å². The van der Waals surface area contributed by atoms with E-state index in [1.54, 1.807) is 26.2 Å². The van der Waals surface area contributed by atoms with Crippen LogP contribution in [0.4, 0.5) is 0 Å². The summed E-state index contributed by atoms with van der Waals surface area (Å²) in [4.78, 5) is 16.7. The van der Waals surface area contributed by atoms with Crippen molar-refractivity contribution in [1.82, 2.24) is 15.0 Å². The molecule has 0 N–H and O–H groups in total. The highest BCUT2D eigenvalue weighted by Crippen LogP contribution is 2.19. The SMILES string of the molecule is COc1ccc(OC(C)C(=O)N2CCN(Cc3cc(C)no3)CC2)cc1. The number of rotatable bonds is 6. The van der Waals surface area contributed by atoms with E-state index in [1.807, 2.05) is 30.0 Å². The van der Waals surface area contributed by atoms with Crippen LogP contribution < -0.4 is 9.47 Å². The number of methoxy groups -OCH3 is 1. The van der Waals surface area contributed by atoms with Gasteiger partial charge in [-0.1, -0.05) is 5.16 Å². The summed E-state index contributed by atoms with van der Waals surface area (Å²) in [5.74, 6) is 2.29. The molecular formula is C19H25N3O4. The summed E-state index contributed by atoms with van der Waals surface area (Å²) in [6.45, 7) is 7.40. The lowest BCUT2D eigenvalue weighted by atomic mass is 10.2. The van der Waals surface area contributed by atoms with Gasteiger partial charge in [0.1, 0.15) is 11.5 Å². The maximum absolute atomic E-state index is 12.6. The van der Waals surface area contributed by atoms with Gasteiger partial charge < -0.3 is 18.9 Å². The van der Waals surface area contributed by atoms with Crippen LogP contribution in [-0.4, -0.2) is 60.3 Å². The topological polar surface area (TPSA) is 68.0 Å². The van der Waals surface area contributed by atoms with Gasteiger partial charge in [-0.15, -0.1) is 0 Å². The third-order valence-electron chi connectivity index (χ3n) is 4.46. The Morgan fingerprint density at radius 2 is 1.85 bits per heavy atom. The summed E-state index contributed by atoms with van der Waals surface area (Å²) in [6, 6.07) is 9.19. The van der Waals surface area contributed by atoms with Gasteiger partial charge in [0.05, 0.1) is 19.3 Å². The molecule has 2 heterocycles. The quantitative estimate of drug-likeness (QED) is 0.787. The molecule has 1 aliphatic rings. The maximum Gasteiger partial charge on any atom is 0.263 e. The highest BCUT2D eigenvalue weighted by molar-refractivity contribution is 5.81. The van der Waals surface area contributed by atoms with E-state index >= 15 is 0 Å². The first-order chi connectivity index (χ1) is 12.5. The molecule has 0 aliphatic carbocycles. The molecule has 0 radical (unpaired) electrons. The van der Waals surface area contributed by atoms with Gasteiger partial charge >= 0.3 is 0 Å². The van der Waals surface area contributed by atoms with Crippen LogP contribution in [0.15, 0.2) is 34.9 Å². The highest BCUT2D eigenvalue weighted by atomic mass is 16.5. The Hall–Kier alpha value is -2.54. The minimum absolute atomic E-state index is 0.0102. The number of ether oxygens (including phenoxy) is 2. The highest BCUT2D eigenvalue weighted by Gasteiger charge is 2.26. The molecule has 26 heavy (non-hydrogen) atoms. The number of hydrogen-bond acceptors (Lipinski definition) is 6. The van der Waals surface area contributed by atoms with E-state index in [4.69, 9.17) is 14.0 Å². The van der Waals surface area contributed by atoms with E-state index in [0.29, 0.717) is 18.8 Å². The predicted octanol–water partition coefficient (Wildman–Crippen LogP) is 2.10. The standard InChI is InChI=1S/C19H25N3O4/c1-14-12-18(26-20-14)13-21-8-10-22(11-9-21)19(23)15(2)25-17-6-4-16(24-3)5-7-17/h4-7,12,15H,8-11,13H2,1-3H3. The molecule has 2 aromatic rings. The van der Waals surface area contributed by atoms with E-state index < -0.39 is 6.10 Å². The Morgan fingerprint density at radius 3 is 2.42 bits per heavy atom. The van der Waals surface area contributed by atoms with E-state index in [0.717, 1.165) is 36.8 Å². The van der Waals surface area contributed by atoms with Crippen LogP contribution in [0.1, 0.15) is 18.4 Å². The number of carbonyl (C=O) groups excluding carboxylic acids is 1. The van der Waals surface area contributed by atoms with Crippen molar-refractivity contribution in [3.8, 4) is 11.5 Å². The first-order valence-corrected chi connectivity index (χ1v) is 8.79. The van der Waals surface area contributed by atoms with E-state index in [-0.39, 0.29) is 5.91 Å². The minimum atomic E-state index is -0.521. The average Bonchev–Trinajstić information content (AvgIpc) is 3.07. The molecular weight excluding hydrogens is 334 g/mol. The van der Waals surface area contributed by atoms with Crippen molar-refractivity contribution in [3.63, 3.8) is 0 Å². The molecule has 0 saturated carbocycles. The zero-order valence-corrected chi connectivity index (χ0v) is 15.5. The molecule has 1 unspecified atom stereocenters. The molecule has 7 nitrogen and oxygen atoms in total. The Labute approximate surface area is 153 Å². The molecule has 1 aliphatic heterocycles. The lowest BCUT2D eigenvalue weighted by Crippen LogP contribution is -2.51. The fourth-order valence-electron chi connectivity index (χ4n) is 3.00. The van der Waals surface area contributed by atoms with Gasteiger partial charge in [0.25, 0.3) is 5.91 Å².